The van der Waals surface area contributed by atoms with Crippen LogP contribution in [0.4, 0.5) is 0 Å². The van der Waals surface area contributed by atoms with Crippen molar-refractivity contribution in [2.75, 3.05) is 19.7 Å². The molecule has 1 aliphatic rings. The highest BCUT2D eigenvalue weighted by atomic mass is 16.5. The van der Waals surface area contributed by atoms with E-state index in [1.165, 1.54) is 6.42 Å². The second-order valence-electron chi connectivity index (χ2n) is 3.53. The highest BCUT2D eigenvalue weighted by Crippen LogP contribution is 2.23. The average molecular weight is 167 g/mol. The molecular formula is C10H17NO. The van der Waals surface area contributed by atoms with Crippen LogP contribution in [0.1, 0.15) is 26.2 Å². The third-order valence-corrected chi connectivity index (χ3v) is 2.25. The van der Waals surface area contributed by atoms with E-state index in [0.717, 1.165) is 32.5 Å². The molecule has 0 aromatic heterocycles. The normalized spacial score (nSPS) is 28.7. The van der Waals surface area contributed by atoms with E-state index >= 15 is 0 Å². The fraction of sp³-hybridized carbons (Fsp3) is 0.800. The van der Waals surface area contributed by atoms with Gasteiger partial charge in [-0.25, -0.2) is 0 Å². The molecular weight excluding hydrogens is 150 g/mol. The number of hydrogen-bond acceptors (Lipinski definition) is 2. The van der Waals surface area contributed by atoms with E-state index in [1.807, 2.05) is 0 Å². The minimum atomic E-state index is 0.0641. The molecule has 0 radical (unpaired) electrons. The Balaban J connectivity index is 2.09. The third-order valence-electron chi connectivity index (χ3n) is 2.25. The predicted molar refractivity (Wildman–Crippen MR) is 49.9 cm³/mol. The van der Waals surface area contributed by atoms with Gasteiger partial charge >= 0.3 is 0 Å². The van der Waals surface area contributed by atoms with Crippen molar-refractivity contribution in [2.24, 2.45) is 0 Å². The number of hydrogen-bond donors (Lipinski definition) is 1. The fourth-order valence-electron chi connectivity index (χ4n) is 1.49. The molecule has 0 aliphatic carbocycles. The fourth-order valence-corrected chi connectivity index (χ4v) is 1.49. The van der Waals surface area contributed by atoms with Crippen molar-refractivity contribution in [1.82, 2.24) is 5.32 Å². The molecule has 2 heteroatoms. The van der Waals surface area contributed by atoms with Crippen LogP contribution in [0.2, 0.25) is 0 Å². The largest absolute Gasteiger partial charge is 0.374 e. The van der Waals surface area contributed by atoms with Crippen LogP contribution in [0.15, 0.2) is 0 Å². The second-order valence-corrected chi connectivity index (χ2v) is 3.53. The van der Waals surface area contributed by atoms with Gasteiger partial charge in [0.05, 0.1) is 5.60 Å². The molecule has 1 N–H and O–H groups in total. The van der Waals surface area contributed by atoms with Gasteiger partial charge in [-0.05, 0) is 19.8 Å². The van der Waals surface area contributed by atoms with Gasteiger partial charge in [0, 0.05) is 26.1 Å². The summed E-state index contributed by atoms with van der Waals surface area (Å²) in [4.78, 5) is 0. The van der Waals surface area contributed by atoms with Crippen molar-refractivity contribution in [3.63, 3.8) is 0 Å². The maximum atomic E-state index is 5.61. The molecule has 68 valence electrons. The Morgan fingerprint density at radius 1 is 1.67 bits per heavy atom. The summed E-state index contributed by atoms with van der Waals surface area (Å²) in [7, 11) is 0. The molecule has 0 aromatic rings. The van der Waals surface area contributed by atoms with Crippen molar-refractivity contribution in [2.45, 2.75) is 31.8 Å². The zero-order chi connectivity index (χ0) is 8.86. The van der Waals surface area contributed by atoms with Crippen LogP contribution in [0.5, 0.6) is 0 Å². The molecule has 0 spiro atoms. The number of nitrogens with one attached hydrogen (secondary N) is 1. The van der Waals surface area contributed by atoms with Gasteiger partial charge in [-0.2, -0.15) is 0 Å². The number of terminal acetylenes is 1. The Labute approximate surface area is 74.7 Å². The lowest BCUT2D eigenvalue weighted by Gasteiger charge is -2.23. The number of ether oxygens (including phenoxy) is 1. The SMILES string of the molecule is C#CCCNCC1(C)CCCO1. The zero-order valence-corrected chi connectivity index (χ0v) is 7.73. The van der Waals surface area contributed by atoms with Gasteiger partial charge in [-0.1, -0.05) is 0 Å². The molecule has 0 amide bonds. The van der Waals surface area contributed by atoms with Gasteiger partial charge in [0.15, 0.2) is 0 Å². The Hall–Kier alpha value is -0.520. The van der Waals surface area contributed by atoms with E-state index in [-0.39, 0.29) is 5.60 Å². The van der Waals surface area contributed by atoms with Crippen LogP contribution in [-0.2, 0) is 4.74 Å². The van der Waals surface area contributed by atoms with E-state index in [9.17, 15) is 0 Å². The van der Waals surface area contributed by atoms with E-state index in [1.54, 1.807) is 0 Å². The van der Waals surface area contributed by atoms with Gasteiger partial charge < -0.3 is 10.1 Å². The van der Waals surface area contributed by atoms with Gasteiger partial charge in [0.1, 0.15) is 0 Å². The van der Waals surface area contributed by atoms with Gasteiger partial charge in [-0.3, -0.25) is 0 Å². The first kappa shape index (κ1) is 9.57. The molecule has 12 heavy (non-hydrogen) atoms. The van der Waals surface area contributed by atoms with E-state index in [2.05, 4.69) is 18.2 Å². The molecule has 0 saturated carbocycles. The van der Waals surface area contributed by atoms with Gasteiger partial charge in [-0.15, -0.1) is 12.3 Å². The quantitative estimate of drug-likeness (QED) is 0.501. The molecule has 1 heterocycles. The van der Waals surface area contributed by atoms with E-state index < -0.39 is 0 Å². The average Bonchev–Trinajstić information content (AvgIpc) is 2.47. The van der Waals surface area contributed by atoms with Crippen molar-refractivity contribution in [1.29, 1.82) is 0 Å². The number of rotatable bonds is 4. The smallest absolute Gasteiger partial charge is 0.0779 e. The lowest BCUT2D eigenvalue weighted by Crippen LogP contribution is -2.37. The lowest BCUT2D eigenvalue weighted by molar-refractivity contribution is 0.0212. The monoisotopic (exact) mass is 167 g/mol. The van der Waals surface area contributed by atoms with Crippen LogP contribution in [0.3, 0.4) is 0 Å². The first-order valence-electron chi connectivity index (χ1n) is 4.55. The summed E-state index contributed by atoms with van der Waals surface area (Å²) in [5.74, 6) is 2.60. The van der Waals surface area contributed by atoms with E-state index in [0.29, 0.717) is 0 Å². The lowest BCUT2D eigenvalue weighted by atomic mass is 10.0. The highest BCUT2D eigenvalue weighted by Gasteiger charge is 2.28. The Morgan fingerprint density at radius 3 is 3.08 bits per heavy atom. The summed E-state index contributed by atoms with van der Waals surface area (Å²) in [6.07, 6.45) is 8.29. The van der Waals surface area contributed by atoms with Gasteiger partial charge in [0.2, 0.25) is 0 Å². The molecule has 0 aromatic carbocycles. The summed E-state index contributed by atoms with van der Waals surface area (Å²) in [5, 5.41) is 3.30. The van der Waals surface area contributed by atoms with Crippen molar-refractivity contribution in [3.8, 4) is 12.3 Å². The molecule has 1 unspecified atom stereocenters. The maximum absolute atomic E-state index is 5.61. The van der Waals surface area contributed by atoms with Crippen LogP contribution in [-0.4, -0.2) is 25.3 Å². The minimum absolute atomic E-state index is 0.0641. The minimum Gasteiger partial charge on any atom is -0.374 e. The van der Waals surface area contributed by atoms with Gasteiger partial charge in [0.25, 0.3) is 0 Å². The first-order valence-corrected chi connectivity index (χ1v) is 4.55. The molecule has 1 rings (SSSR count). The summed E-state index contributed by atoms with van der Waals surface area (Å²) < 4.78 is 5.61. The van der Waals surface area contributed by atoms with Crippen LogP contribution in [0, 0.1) is 12.3 Å². The van der Waals surface area contributed by atoms with Crippen LogP contribution >= 0.6 is 0 Å². The highest BCUT2D eigenvalue weighted by molar-refractivity contribution is 4.86. The Kier molecular flexibility index (Phi) is 3.58. The molecule has 1 fully saturated rings. The summed E-state index contributed by atoms with van der Waals surface area (Å²) in [6.45, 7) is 4.89. The van der Waals surface area contributed by atoms with Crippen molar-refractivity contribution >= 4 is 0 Å². The Bertz CT molecular complexity index is 165. The van der Waals surface area contributed by atoms with Crippen LogP contribution < -0.4 is 5.32 Å². The molecule has 1 atom stereocenters. The topological polar surface area (TPSA) is 21.3 Å². The predicted octanol–water partition coefficient (Wildman–Crippen LogP) is 1.17. The second kappa shape index (κ2) is 4.49. The third kappa shape index (κ3) is 2.84. The maximum Gasteiger partial charge on any atom is 0.0779 e. The molecule has 1 aliphatic heterocycles. The zero-order valence-electron chi connectivity index (χ0n) is 7.73. The molecule has 0 bridgehead atoms. The van der Waals surface area contributed by atoms with Crippen molar-refractivity contribution in [3.05, 3.63) is 0 Å². The van der Waals surface area contributed by atoms with Crippen LogP contribution in [0.25, 0.3) is 0 Å². The molecule has 1 saturated heterocycles. The first-order chi connectivity index (χ1) is 5.77. The molecule has 2 nitrogen and oxygen atoms in total. The summed E-state index contributed by atoms with van der Waals surface area (Å²) >= 11 is 0. The summed E-state index contributed by atoms with van der Waals surface area (Å²) in [5.41, 5.74) is 0.0641. The Morgan fingerprint density at radius 2 is 2.50 bits per heavy atom. The van der Waals surface area contributed by atoms with Crippen molar-refractivity contribution < 1.29 is 4.74 Å². The van der Waals surface area contributed by atoms with E-state index in [4.69, 9.17) is 11.2 Å². The standard InChI is InChI=1S/C10H17NO/c1-3-4-7-11-9-10(2)6-5-8-12-10/h1,11H,4-9H2,2H3. The summed E-state index contributed by atoms with van der Waals surface area (Å²) in [6, 6.07) is 0.